The van der Waals surface area contributed by atoms with Gasteiger partial charge in [0.15, 0.2) is 0 Å². The summed E-state index contributed by atoms with van der Waals surface area (Å²) in [5.74, 6) is 0. The Labute approximate surface area is 138 Å². The van der Waals surface area contributed by atoms with E-state index in [1.165, 1.54) is 0 Å². The molecule has 0 saturated carbocycles. The molecule has 2 aromatic rings. The van der Waals surface area contributed by atoms with Gasteiger partial charge < -0.3 is 9.74 Å². The Balaban J connectivity index is 1.99. The molecule has 0 saturated heterocycles. The SMILES string of the molecule is CN(C)c1ccc(/C=N\OCc2ccccc2C#N)cc1Br. The van der Waals surface area contributed by atoms with Gasteiger partial charge in [-0.1, -0.05) is 29.4 Å². The van der Waals surface area contributed by atoms with Crippen LogP contribution in [0.25, 0.3) is 0 Å². The summed E-state index contributed by atoms with van der Waals surface area (Å²) in [5.41, 5.74) is 3.47. The van der Waals surface area contributed by atoms with Gasteiger partial charge in [0, 0.05) is 24.1 Å². The molecule has 0 aliphatic carbocycles. The number of nitriles is 1. The van der Waals surface area contributed by atoms with Crippen molar-refractivity contribution < 1.29 is 4.84 Å². The van der Waals surface area contributed by atoms with Gasteiger partial charge in [-0.05, 0) is 39.7 Å². The second-order valence-electron chi connectivity index (χ2n) is 4.88. The first-order chi connectivity index (χ1) is 10.6. The minimum Gasteiger partial charge on any atom is -0.391 e. The molecule has 0 bridgehead atoms. The maximum Gasteiger partial charge on any atom is 0.143 e. The van der Waals surface area contributed by atoms with Crippen molar-refractivity contribution in [1.29, 1.82) is 5.26 Å². The summed E-state index contributed by atoms with van der Waals surface area (Å²) in [6.07, 6.45) is 1.65. The van der Waals surface area contributed by atoms with Gasteiger partial charge in [0.2, 0.25) is 0 Å². The Morgan fingerprint density at radius 1 is 1.27 bits per heavy atom. The average molecular weight is 358 g/mol. The van der Waals surface area contributed by atoms with E-state index in [4.69, 9.17) is 10.1 Å². The molecule has 22 heavy (non-hydrogen) atoms. The first-order valence-corrected chi connectivity index (χ1v) is 7.51. The van der Waals surface area contributed by atoms with Crippen LogP contribution in [0.1, 0.15) is 16.7 Å². The van der Waals surface area contributed by atoms with Crippen LogP contribution in [0.2, 0.25) is 0 Å². The van der Waals surface area contributed by atoms with E-state index in [0.29, 0.717) is 5.56 Å². The van der Waals surface area contributed by atoms with Gasteiger partial charge in [-0.25, -0.2) is 0 Å². The molecule has 0 atom stereocenters. The summed E-state index contributed by atoms with van der Waals surface area (Å²) in [6.45, 7) is 0.275. The molecule has 2 aromatic carbocycles. The molecule has 0 amide bonds. The van der Waals surface area contributed by atoms with Crippen molar-refractivity contribution in [2.75, 3.05) is 19.0 Å². The molecule has 0 radical (unpaired) electrons. The van der Waals surface area contributed by atoms with Crippen LogP contribution in [0, 0.1) is 11.3 Å². The smallest absolute Gasteiger partial charge is 0.143 e. The molecule has 0 aromatic heterocycles. The van der Waals surface area contributed by atoms with Crippen LogP contribution < -0.4 is 4.90 Å². The summed E-state index contributed by atoms with van der Waals surface area (Å²) in [7, 11) is 3.98. The lowest BCUT2D eigenvalue weighted by atomic mass is 10.1. The number of benzene rings is 2. The normalized spacial score (nSPS) is 10.5. The van der Waals surface area contributed by atoms with E-state index in [1.54, 1.807) is 12.3 Å². The zero-order chi connectivity index (χ0) is 15.9. The summed E-state index contributed by atoms with van der Waals surface area (Å²) < 4.78 is 0.997. The van der Waals surface area contributed by atoms with Gasteiger partial charge in [-0.2, -0.15) is 5.26 Å². The fraction of sp³-hybridized carbons (Fsp3) is 0.176. The number of oxime groups is 1. The lowest BCUT2D eigenvalue weighted by Crippen LogP contribution is -2.09. The molecule has 0 fully saturated rings. The summed E-state index contributed by atoms with van der Waals surface area (Å²) in [6, 6.07) is 15.4. The molecular weight excluding hydrogens is 342 g/mol. The van der Waals surface area contributed by atoms with E-state index in [-0.39, 0.29) is 6.61 Å². The van der Waals surface area contributed by atoms with E-state index in [1.807, 2.05) is 55.4 Å². The Kier molecular flexibility index (Phi) is 5.56. The monoisotopic (exact) mass is 357 g/mol. The van der Waals surface area contributed by atoms with Crippen molar-refractivity contribution in [3.05, 3.63) is 63.6 Å². The third-order valence-corrected chi connectivity index (χ3v) is 3.72. The Hall–Kier alpha value is -2.32. The highest BCUT2D eigenvalue weighted by atomic mass is 79.9. The predicted molar refractivity (Wildman–Crippen MR) is 92.0 cm³/mol. The van der Waals surface area contributed by atoms with Gasteiger partial charge in [0.25, 0.3) is 0 Å². The highest BCUT2D eigenvalue weighted by Crippen LogP contribution is 2.25. The lowest BCUT2D eigenvalue weighted by molar-refractivity contribution is 0.132. The summed E-state index contributed by atoms with van der Waals surface area (Å²) >= 11 is 3.53. The first-order valence-electron chi connectivity index (χ1n) is 6.72. The van der Waals surface area contributed by atoms with Crippen molar-refractivity contribution in [3.63, 3.8) is 0 Å². The highest BCUT2D eigenvalue weighted by molar-refractivity contribution is 9.10. The minimum absolute atomic E-state index is 0.275. The second kappa shape index (κ2) is 7.62. The Morgan fingerprint density at radius 3 is 2.73 bits per heavy atom. The number of nitrogens with zero attached hydrogens (tertiary/aromatic N) is 3. The molecule has 5 heteroatoms. The third kappa shape index (κ3) is 4.09. The molecule has 0 N–H and O–H groups in total. The molecule has 2 rings (SSSR count). The number of hydrogen-bond donors (Lipinski definition) is 0. The van der Waals surface area contributed by atoms with Crippen molar-refractivity contribution in [2.24, 2.45) is 5.16 Å². The maximum absolute atomic E-state index is 9.00. The zero-order valence-corrected chi connectivity index (χ0v) is 14.0. The van der Waals surface area contributed by atoms with Crippen LogP contribution >= 0.6 is 15.9 Å². The van der Waals surface area contributed by atoms with Crippen molar-refractivity contribution in [2.45, 2.75) is 6.61 Å². The van der Waals surface area contributed by atoms with Crippen LogP contribution in [0.15, 0.2) is 52.1 Å². The van der Waals surface area contributed by atoms with Crippen molar-refractivity contribution in [3.8, 4) is 6.07 Å². The standard InChI is InChI=1S/C17H16BrN3O/c1-21(2)17-8-7-13(9-16(17)18)11-20-22-12-15-6-4-3-5-14(15)10-19/h3-9,11H,12H2,1-2H3/b20-11-. The second-order valence-corrected chi connectivity index (χ2v) is 5.74. The van der Waals surface area contributed by atoms with Gasteiger partial charge in [0.05, 0.1) is 23.5 Å². The van der Waals surface area contributed by atoms with Crippen LogP contribution in [0.4, 0.5) is 5.69 Å². The van der Waals surface area contributed by atoms with E-state index in [9.17, 15) is 0 Å². The molecule has 4 nitrogen and oxygen atoms in total. The first kappa shape index (κ1) is 16.1. The molecular formula is C17H16BrN3O. The highest BCUT2D eigenvalue weighted by Gasteiger charge is 2.02. The third-order valence-electron chi connectivity index (χ3n) is 3.09. The zero-order valence-electron chi connectivity index (χ0n) is 12.5. The molecule has 112 valence electrons. The Morgan fingerprint density at radius 2 is 2.05 bits per heavy atom. The lowest BCUT2D eigenvalue weighted by Gasteiger charge is -2.14. The van der Waals surface area contributed by atoms with E-state index in [2.05, 4.69) is 27.2 Å². The fourth-order valence-corrected chi connectivity index (χ4v) is 2.68. The fourth-order valence-electron chi connectivity index (χ4n) is 1.93. The van der Waals surface area contributed by atoms with Gasteiger partial charge in [-0.15, -0.1) is 0 Å². The van der Waals surface area contributed by atoms with Gasteiger partial charge in [0.1, 0.15) is 6.61 Å². The van der Waals surface area contributed by atoms with Gasteiger partial charge >= 0.3 is 0 Å². The number of anilines is 1. The molecule has 0 aliphatic heterocycles. The predicted octanol–water partition coefficient (Wildman–Crippen LogP) is 3.94. The molecule has 0 unspecified atom stereocenters. The topological polar surface area (TPSA) is 48.6 Å². The largest absolute Gasteiger partial charge is 0.391 e. The van der Waals surface area contributed by atoms with E-state index in [0.717, 1.165) is 21.3 Å². The summed E-state index contributed by atoms with van der Waals surface area (Å²) in [5, 5.41) is 13.0. The van der Waals surface area contributed by atoms with Gasteiger partial charge in [-0.3, -0.25) is 0 Å². The van der Waals surface area contributed by atoms with Crippen LogP contribution in [-0.2, 0) is 11.4 Å². The van der Waals surface area contributed by atoms with Crippen LogP contribution in [0.5, 0.6) is 0 Å². The number of rotatable bonds is 5. The molecule has 0 spiro atoms. The average Bonchev–Trinajstić information content (AvgIpc) is 2.51. The van der Waals surface area contributed by atoms with E-state index < -0.39 is 0 Å². The van der Waals surface area contributed by atoms with Crippen molar-refractivity contribution >= 4 is 27.8 Å². The van der Waals surface area contributed by atoms with Crippen LogP contribution in [-0.4, -0.2) is 20.3 Å². The maximum atomic E-state index is 9.00. The van der Waals surface area contributed by atoms with E-state index >= 15 is 0 Å². The molecule has 0 heterocycles. The van der Waals surface area contributed by atoms with Crippen LogP contribution in [0.3, 0.4) is 0 Å². The quantitative estimate of drug-likeness (QED) is 0.601. The minimum atomic E-state index is 0.275. The number of hydrogen-bond acceptors (Lipinski definition) is 4. The summed E-state index contributed by atoms with van der Waals surface area (Å²) in [4.78, 5) is 7.30. The Bertz CT molecular complexity index is 720. The van der Waals surface area contributed by atoms with Crippen molar-refractivity contribution in [1.82, 2.24) is 0 Å². The number of halogens is 1. The molecule has 0 aliphatic rings.